The third-order valence-corrected chi connectivity index (χ3v) is 3.17. The first-order chi connectivity index (χ1) is 7.07. The number of Topliss-reactive ketones (excluding diaryl/α,β-unsaturated/α-hetero) is 1. The van der Waals surface area contributed by atoms with E-state index in [0.717, 1.165) is 4.47 Å². The van der Waals surface area contributed by atoms with E-state index in [1.807, 2.05) is 32.0 Å². The molecule has 0 bridgehead atoms. The molecule has 0 radical (unpaired) electrons. The van der Waals surface area contributed by atoms with Gasteiger partial charge in [-0.1, -0.05) is 48.0 Å². The Morgan fingerprint density at radius 3 is 2.47 bits per heavy atom. The van der Waals surface area contributed by atoms with E-state index in [1.54, 1.807) is 6.07 Å². The summed E-state index contributed by atoms with van der Waals surface area (Å²) in [6.45, 7) is 3.78. The van der Waals surface area contributed by atoms with Crippen LogP contribution in [0.15, 0.2) is 28.7 Å². The number of aliphatic hydroxyl groups is 1. The molecule has 1 N–H and O–H groups in total. The fraction of sp³-hybridized carbons (Fsp3) is 0.417. The first-order valence-electron chi connectivity index (χ1n) is 4.97. The van der Waals surface area contributed by atoms with Crippen molar-refractivity contribution in [3.05, 3.63) is 34.3 Å². The summed E-state index contributed by atoms with van der Waals surface area (Å²) in [7, 11) is 0. The smallest absolute Gasteiger partial charge is 0.169 e. The van der Waals surface area contributed by atoms with Gasteiger partial charge >= 0.3 is 0 Å². The van der Waals surface area contributed by atoms with Gasteiger partial charge in [0.25, 0.3) is 0 Å². The number of benzene rings is 1. The largest absolute Gasteiger partial charge is 0.396 e. The summed E-state index contributed by atoms with van der Waals surface area (Å²) in [5.41, 5.74) is 0.644. The van der Waals surface area contributed by atoms with Crippen molar-refractivity contribution in [3.63, 3.8) is 0 Å². The average molecular weight is 271 g/mol. The van der Waals surface area contributed by atoms with Gasteiger partial charge in [0.15, 0.2) is 5.78 Å². The predicted octanol–water partition coefficient (Wildman–Crippen LogP) is 2.90. The Labute approximate surface area is 98.4 Å². The average Bonchev–Trinajstić information content (AvgIpc) is 2.18. The predicted molar refractivity (Wildman–Crippen MR) is 63.9 cm³/mol. The zero-order valence-corrected chi connectivity index (χ0v) is 10.5. The monoisotopic (exact) mass is 270 g/mol. The van der Waals surface area contributed by atoms with Crippen molar-refractivity contribution in [2.24, 2.45) is 11.8 Å². The molecule has 1 aromatic rings. The molecular weight excluding hydrogens is 256 g/mol. The maximum atomic E-state index is 12.0. The summed E-state index contributed by atoms with van der Waals surface area (Å²) in [4.78, 5) is 12.0. The fourth-order valence-electron chi connectivity index (χ4n) is 1.46. The van der Waals surface area contributed by atoms with Crippen LogP contribution in [0.4, 0.5) is 0 Å². The van der Waals surface area contributed by atoms with Gasteiger partial charge in [0.2, 0.25) is 0 Å². The van der Waals surface area contributed by atoms with Gasteiger partial charge in [-0.05, 0) is 12.0 Å². The van der Waals surface area contributed by atoms with Crippen molar-refractivity contribution >= 4 is 21.7 Å². The number of rotatable bonds is 4. The van der Waals surface area contributed by atoms with E-state index < -0.39 is 0 Å². The molecule has 0 saturated carbocycles. The quantitative estimate of drug-likeness (QED) is 0.855. The Morgan fingerprint density at radius 1 is 1.40 bits per heavy atom. The SMILES string of the molecule is CC(C)C(CO)C(=O)c1ccccc1Br. The number of hydrogen-bond donors (Lipinski definition) is 1. The van der Waals surface area contributed by atoms with E-state index >= 15 is 0 Å². The molecule has 15 heavy (non-hydrogen) atoms. The third kappa shape index (κ3) is 2.89. The van der Waals surface area contributed by atoms with E-state index in [1.165, 1.54) is 0 Å². The van der Waals surface area contributed by atoms with Crippen molar-refractivity contribution in [2.75, 3.05) is 6.61 Å². The number of carbonyl (C=O) groups is 1. The van der Waals surface area contributed by atoms with Gasteiger partial charge in [-0.2, -0.15) is 0 Å². The minimum atomic E-state index is -0.316. The molecule has 0 heterocycles. The zero-order chi connectivity index (χ0) is 11.4. The van der Waals surface area contributed by atoms with Gasteiger partial charge in [-0.3, -0.25) is 4.79 Å². The number of aliphatic hydroxyl groups excluding tert-OH is 1. The summed E-state index contributed by atoms with van der Waals surface area (Å²) in [6, 6.07) is 7.30. The number of halogens is 1. The highest BCUT2D eigenvalue weighted by atomic mass is 79.9. The lowest BCUT2D eigenvalue weighted by Crippen LogP contribution is -2.24. The molecule has 0 amide bonds. The van der Waals surface area contributed by atoms with E-state index in [0.29, 0.717) is 5.56 Å². The maximum absolute atomic E-state index is 12.0. The standard InChI is InChI=1S/C12H15BrO2/c1-8(2)10(7-14)12(15)9-5-3-4-6-11(9)13/h3-6,8,10,14H,7H2,1-2H3. The van der Waals surface area contributed by atoms with E-state index in [4.69, 9.17) is 0 Å². The second-order valence-corrected chi connectivity index (χ2v) is 4.73. The molecule has 1 rings (SSSR count). The molecule has 1 aromatic carbocycles. The summed E-state index contributed by atoms with van der Waals surface area (Å²) < 4.78 is 0.786. The van der Waals surface area contributed by atoms with Crippen LogP contribution in [-0.4, -0.2) is 17.5 Å². The van der Waals surface area contributed by atoms with Crippen LogP contribution in [-0.2, 0) is 0 Å². The first kappa shape index (κ1) is 12.4. The van der Waals surface area contributed by atoms with Gasteiger partial charge < -0.3 is 5.11 Å². The molecule has 1 unspecified atom stereocenters. The Morgan fingerprint density at radius 2 is 2.00 bits per heavy atom. The minimum Gasteiger partial charge on any atom is -0.396 e. The summed E-state index contributed by atoms with van der Waals surface area (Å²) in [5, 5.41) is 9.18. The molecule has 0 aliphatic rings. The van der Waals surface area contributed by atoms with Crippen LogP contribution in [0, 0.1) is 11.8 Å². The highest BCUT2D eigenvalue weighted by Gasteiger charge is 2.23. The molecular formula is C12H15BrO2. The van der Waals surface area contributed by atoms with Crippen LogP contribution in [0.1, 0.15) is 24.2 Å². The molecule has 1 atom stereocenters. The Bertz CT molecular complexity index is 347. The molecule has 0 aliphatic heterocycles. The number of ketones is 1. The summed E-state index contributed by atoms with van der Waals surface area (Å²) in [6.07, 6.45) is 0. The molecule has 0 saturated heterocycles. The summed E-state index contributed by atoms with van der Waals surface area (Å²) >= 11 is 3.34. The van der Waals surface area contributed by atoms with E-state index in [9.17, 15) is 9.90 Å². The maximum Gasteiger partial charge on any atom is 0.169 e. The van der Waals surface area contributed by atoms with Gasteiger partial charge in [0, 0.05) is 16.0 Å². The van der Waals surface area contributed by atoms with Crippen molar-refractivity contribution in [1.82, 2.24) is 0 Å². The zero-order valence-electron chi connectivity index (χ0n) is 8.90. The van der Waals surface area contributed by atoms with Crippen LogP contribution >= 0.6 is 15.9 Å². The first-order valence-corrected chi connectivity index (χ1v) is 5.76. The summed E-state index contributed by atoms with van der Waals surface area (Å²) in [5.74, 6) is -0.168. The molecule has 3 heteroatoms. The van der Waals surface area contributed by atoms with Crippen LogP contribution in [0.5, 0.6) is 0 Å². The second kappa shape index (κ2) is 5.42. The topological polar surface area (TPSA) is 37.3 Å². The molecule has 0 aromatic heterocycles. The lowest BCUT2D eigenvalue weighted by atomic mass is 9.89. The molecule has 0 fully saturated rings. The van der Waals surface area contributed by atoms with Crippen LogP contribution < -0.4 is 0 Å². The Balaban J connectivity index is 2.98. The lowest BCUT2D eigenvalue weighted by molar-refractivity contribution is 0.0806. The van der Waals surface area contributed by atoms with Crippen LogP contribution in [0.2, 0.25) is 0 Å². The Hall–Kier alpha value is -0.670. The third-order valence-electron chi connectivity index (χ3n) is 2.48. The fourth-order valence-corrected chi connectivity index (χ4v) is 1.94. The number of hydrogen-bond acceptors (Lipinski definition) is 2. The normalized spacial score (nSPS) is 12.9. The van der Waals surface area contributed by atoms with Crippen molar-refractivity contribution in [3.8, 4) is 0 Å². The van der Waals surface area contributed by atoms with Crippen LogP contribution in [0.3, 0.4) is 0 Å². The number of carbonyl (C=O) groups excluding carboxylic acids is 1. The van der Waals surface area contributed by atoms with Gasteiger partial charge in [0.05, 0.1) is 6.61 Å². The van der Waals surface area contributed by atoms with Gasteiger partial charge in [-0.25, -0.2) is 0 Å². The van der Waals surface area contributed by atoms with E-state index in [-0.39, 0.29) is 24.2 Å². The minimum absolute atomic E-state index is 0.0000231. The highest BCUT2D eigenvalue weighted by Crippen LogP contribution is 2.22. The highest BCUT2D eigenvalue weighted by molar-refractivity contribution is 9.10. The van der Waals surface area contributed by atoms with Crippen molar-refractivity contribution in [1.29, 1.82) is 0 Å². The van der Waals surface area contributed by atoms with Gasteiger partial charge in [-0.15, -0.1) is 0 Å². The molecule has 0 spiro atoms. The lowest BCUT2D eigenvalue weighted by Gasteiger charge is -2.17. The molecule has 0 aliphatic carbocycles. The molecule has 82 valence electrons. The van der Waals surface area contributed by atoms with Gasteiger partial charge in [0.1, 0.15) is 0 Å². The van der Waals surface area contributed by atoms with Crippen molar-refractivity contribution < 1.29 is 9.90 Å². The molecule has 2 nitrogen and oxygen atoms in total. The van der Waals surface area contributed by atoms with Crippen LogP contribution in [0.25, 0.3) is 0 Å². The second-order valence-electron chi connectivity index (χ2n) is 3.88. The van der Waals surface area contributed by atoms with Crippen molar-refractivity contribution in [2.45, 2.75) is 13.8 Å². The Kier molecular flexibility index (Phi) is 4.48. The van der Waals surface area contributed by atoms with E-state index in [2.05, 4.69) is 15.9 Å².